The molecule has 3 N–H and O–H groups in total. The number of hydrogen-bond donors (Lipinski definition) is 2. The van der Waals surface area contributed by atoms with Crippen molar-refractivity contribution in [3.8, 4) is 0 Å². The molecule has 0 bridgehead atoms. The fraction of sp³-hybridized carbons (Fsp3) is 0.667. The van der Waals surface area contributed by atoms with Crippen molar-refractivity contribution in [3.63, 3.8) is 0 Å². The zero-order valence-corrected chi connectivity index (χ0v) is 5.57. The van der Waals surface area contributed by atoms with E-state index in [1.54, 1.807) is 0 Å². The SMILES string of the molecule is CC/C=C(\CN)NC. The molecule has 0 heterocycles. The van der Waals surface area contributed by atoms with Crippen molar-refractivity contribution in [2.75, 3.05) is 13.6 Å². The lowest BCUT2D eigenvalue weighted by molar-refractivity contribution is 0.909. The van der Waals surface area contributed by atoms with Gasteiger partial charge < -0.3 is 11.1 Å². The Morgan fingerprint density at radius 2 is 2.38 bits per heavy atom. The molecule has 0 fully saturated rings. The minimum atomic E-state index is 0.615. The van der Waals surface area contributed by atoms with Crippen molar-refractivity contribution in [2.24, 2.45) is 5.73 Å². The van der Waals surface area contributed by atoms with Crippen molar-refractivity contribution in [1.29, 1.82) is 0 Å². The zero-order chi connectivity index (χ0) is 6.41. The lowest BCUT2D eigenvalue weighted by Gasteiger charge is -1.99. The van der Waals surface area contributed by atoms with Crippen LogP contribution >= 0.6 is 0 Å². The second-order valence-electron chi connectivity index (χ2n) is 1.59. The van der Waals surface area contributed by atoms with Gasteiger partial charge in [-0.3, -0.25) is 0 Å². The maximum atomic E-state index is 5.34. The first kappa shape index (κ1) is 7.50. The highest BCUT2D eigenvalue weighted by Crippen LogP contribution is 1.85. The number of hydrogen-bond acceptors (Lipinski definition) is 2. The highest BCUT2D eigenvalue weighted by atomic mass is 14.9. The molecule has 0 aliphatic rings. The first-order valence-corrected chi connectivity index (χ1v) is 2.92. The Hall–Kier alpha value is -0.500. The van der Waals surface area contributed by atoms with Crippen LogP contribution in [0.3, 0.4) is 0 Å². The Bertz CT molecular complexity index is 70.6. The van der Waals surface area contributed by atoms with Gasteiger partial charge in [0.25, 0.3) is 0 Å². The summed E-state index contributed by atoms with van der Waals surface area (Å²) in [7, 11) is 1.88. The van der Waals surface area contributed by atoms with Gasteiger partial charge >= 0.3 is 0 Å². The van der Waals surface area contributed by atoms with Gasteiger partial charge in [-0.2, -0.15) is 0 Å². The quantitative estimate of drug-likeness (QED) is 0.559. The van der Waals surface area contributed by atoms with Crippen molar-refractivity contribution in [1.82, 2.24) is 5.32 Å². The van der Waals surface area contributed by atoms with E-state index in [2.05, 4.69) is 18.3 Å². The Morgan fingerprint density at radius 3 is 2.50 bits per heavy atom. The molecule has 0 spiro atoms. The summed E-state index contributed by atoms with van der Waals surface area (Å²) in [6, 6.07) is 0. The van der Waals surface area contributed by atoms with Gasteiger partial charge in [-0.05, 0) is 6.42 Å². The van der Waals surface area contributed by atoms with Crippen molar-refractivity contribution >= 4 is 0 Å². The number of allylic oxidation sites excluding steroid dienone is 1. The number of likely N-dealkylation sites (N-methyl/N-ethyl adjacent to an activating group) is 1. The third-order valence-corrected chi connectivity index (χ3v) is 0.992. The molecule has 0 amide bonds. The molecule has 0 saturated heterocycles. The van der Waals surface area contributed by atoms with Gasteiger partial charge in [0.1, 0.15) is 0 Å². The summed E-state index contributed by atoms with van der Waals surface area (Å²) in [4.78, 5) is 0. The standard InChI is InChI=1S/C6H14N2/c1-3-4-6(5-7)8-2/h4,8H,3,5,7H2,1-2H3/b6-4+. The molecule has 0 aromatic carbocycles. The fourth-order valence-corrected chi connectivity index (χ4v) is 0.534. The monoisotopic (exact) mass is 114 g/mol. The van der Waals surface area contributed by atoms with E-state index in [0.29, 0.717) is 6.54 Å². The molecule has 2 heteroatoms. The number of rotatable bonds is 3. The second-order valence-corrected chi connectivity index (χ2v) is 1.59. The van der Waals surface area contributed by atoms with Crippen LogP contribution in [0, 0.1) is 0 Å². The summed E-state index contributed by atoms with van der Waals surface area (Å²) in [6.45, 7) is 2.71. The smallest absolute Gasteiger partial charge is 0.0325 e. The van der Waals surface area contributed by atoms with Crippen LogP contribution in [-0.2, 0) is 0 Å². The van der Waals surface area contributed by atoms with E-state index in [4.69, 9.17) is 5.73 Å². The molecule has 0 aromatic rings. The highest BCUT2D eigenvalue weighted by Gasteiger charge is 1.82. The summed E-state index contributed by atoms with van der Waals surface area (Å²) in [6.07, 6.45) is 3.13. The van der Waals surface area contributed by atoms with Crippen LogP contribution in [0.5, 0.6) is 0 Å². The molecule has 0 radical (unpaired) electrons. The van der Waals surface area contributed by atoms with Gasteiger partial charge in [0.05, 0.1) is 0 Å². The maximum Gasteiger partial charge on any atom is 0.0325 e. The first-order valence-electron chi connectivity index (χ1n) is 2.92. The van der Waals surface area contributed by atoms with Crippen LogP contribution in [0.2, 0.25) is 0 Å². The van der Waals surface area contributed by atoms with E-state index < -0.39 is 0 Å². The van der Waals surface area contributed by atoms with Gasteiger partial charge in [0, 0.05) is 19.3 Å². The number of nitrogens with two attached hydrogens (primary N) is 1. The lowest BCUT2D eigenvalue weighted by Crippen LogP contribution is -2.15. The minimum Gasteiger partial charge on any atom is -0.391 e. The lowest BCUT2D eigenvalue weighted by atomic mass is 10.3. The molecule has 0 aliphatic carbocycles. The predicted molar refractivity (Wildman–Crippen MR) is 36.5 cm³/mol. The molecule has 0 rings (SSSR count). The summed E-state index contributed by atoms with van der Waals surface area (Å²) in [5, 5.41) is 2.99. The van der Waals surface area contributed by atoms with E-state index in [1.165, 1.54) is 0 Å². The summed E-state index contributed by atoms with van der Waals surface area (Å²) < 4.78 is 0. The van der Waals surface area contributed by atoms with Gasteiger partial charge in [0.15, 0.2) is 0 Å². The molecular weight excluding hydrogens is 100 g/mol. The van der Waals surface area contributed by atoms with Crippen molar-refractivity contribution in [2.45, 2.75) is 13.3 Å². The Kier molecular flexibility index (Phi) is 4.36. The Morgan fingerprint density at radius 1 is 1.75 bits per heavy atom. The molecule has 8 heavy (non-hydrogen) atoms. The average molecular weight is 114 g/mol. The van der Waals surface area contributed by atoms with E-state index in [-0.39, 0.29) is 0 Å². The highest BCUT2D eigenvalue weighted by molar-refractivity contribution is 4.98. The normalized spacial score (nSPS) is 11.6. The van der Waals surface area contributed by atoms with Crippen molar-refractivity contribution < 1.29 is 0 Å². The second kappa shape index (κ2) is 4.65. The fourth-order valence-electron chi connectivity index (χ4n) is 0.534. The number of nitrogens with one attached hydrogen (secondary N) is 1. The largest absolute Gasteiger partial charge is 0.391 e. The van der Waals surface area contributed by atoms with E-state index >= 15 is 0 Å². The van der Waals surface area contributed by atoms with Crippen LogP contribution in [0.25, 0.3) is 0 Å². The van der Waals surface area contributed by atoms with Crippen LogP contribution < -0.4 is 11.1 Å². The van der Waals surface area contributed by atoms with E-state index in [1.807, 2.05) is 7.05 Å². The predicted octanol–water partition coefficient (Wildman–Crippen LogP) is 0.458. The molecule has 0 unspecified atom stereocenters. The van der Waals surface area contributed by atoms with Crippen LogP contribution in [0.1, 0.15) is 13.3 Å². The molecule has 0 saturated carbocycles. The first-order chi connectivity index (χ1) is 3.85. The van der Waals surface area contributed by atoms with Crippen molar-refractivity contribution in [3.05, 3.63) is 11.8 Å². The van der Waals surface area contributed by atoms with Gasteiger partial charge in [-0.1, -0.05) is 13.0 Å². The van der Waals surface area contributed by atoms with Gasteiger partial charge in [-0.15, -0.1) is 0 Å². The summed E-state index contributed by atoms with van der Waals surface area (Å²) in [5.74, 6) is 0. The topological polar surface area (TPSA) is 38.0 Å². The zero-order valence-electron chi connectivity index (χ0n) is 5.57. The maximum absolute atomic E-state index is 5.34. The average Bonchev–Trinajstić information content (AvgIpc) is 1.83. The van der Waals surface area contributed by atoms with Gasteiger partial charge in [0.2, 0.25) is 0 Å². The molecule has 48 valence electrons. The molecule has 0 atom stereocenters. The molecule has 0 aliphatic heterocycles. The third kappa shape index (κ3) is 2.64. The summed E-state index contributed by atoms with van der Waals surface area (Å²) >= 11 is 0. The third-order valence-electron chi connectivity index (χ3n) is 0.992. The van der Waals surface area contributed by atoms with E-state index in [0.717, 1.165) is 12.1 Å². The summed E-state index contributed by atoms with van der Waals surface area (Å²) in [5.41, 5.74) is 6.46. The molecule has 2 nitrogen and oxygen atoms in total. The minimum absolute atomic E-state index is 0.615. The Labute approximate surface area is 50.8 Å². The van der Waals surface area contributed by atoms with Crippen LogP contribution in [-0.4, -0.2) is 13.6 Å². The van der Waals surface area contributed by atoms with Gasteiger partial charge in [-0.25, -0.2) is 0 Å². The molecule has 0 aromatic heterocycles. The Balaban J connectivity index is 3.49. The van der Waals surface area contributed by atoms with Crippen LogP contribution in [0.4, 0.5) is 0 Å². The molecular formula is C6H14N2. The van der Waals surface area contributed by atoms with Crippen LogP contribution in [0.15, 0.2) is 11.8 Å². The van der Waals surface area contributed by atoms with E-state index in [9.17, 15) is 0 Å².